The molecule has 32 heavy (non-hydrogen) atoms. The number of carbonyl (C=O) groups is 2. The molecule has 172 valence electrons. The van der Waals surface area contributed by atoms with E-state index < -0.39 is 11.8 Å². The molecule has 0 saturated carbocycles. The first-order valence-corrected chi connectivity index (χ1v) is 11.2. The highest BCUT2D eigenvalue weighted by Gasteiger charge is 2.14. The van der Waals surface area contributed by atoms with Crippen LogP contribution in [0.25, 0.3) is 0 Å². The number of hydrogen-bond donors (Lipinski definition) is 3. The smallest absolute Gasteiger partial charge is 0.276 e. The molecular weight excluding hydrogens is 426 g/mol. The van der Waals surface area contributed by atoms with Crippen molar-refractivity contribution >= 4 is 29.1 Å². The highest BCUT2D eigenvalue weighted by molar-refractivity contribution is 7.80. The molecule has 0 aliphatic heterocycles. The lowest BCUT2D eigenvalue weighted by atomic mass is 10.0. The summed E-state index contributed by atoms with van der Waals surface area (Å²) >= 11 is 5.09. The maximum atomic E-state index is 12.5. The number of benzene rings is 2. The van der Waals surface area contributed by atoms with Crippen LogP contribution in [0.2, 0.25) is 0 Å². The Labute approximate surface area is 194 Å². The van der Waals surface area contributed by atoms with E-state index in [4.69, 9.17) is 21.7 Å². The van der Waals surface area contributed by atoms with Crippen LogP contribution in [-0.2, 0) is 4.79 Å². The molecule has 2 amide bonds. The minimum atomic E-state index is -0.436. The molecule has 8 heteroatoms. The highest BCUT2D eigenvalue weighted by Crippen LogP contribution is 2.19. The van der Waals surface area contributed by atoms with Crippen LogP contribution < -0.4 is 25.6 Å². The second-order valence-corrected chi connectivity index (χ2v) is 7.93. The number of amides is 2. The molecule has 0 radical (unpaired) electrons. The molecule has 0 aromatic heterocycles. The van der Waals surface area contributed by atoms with Crippen molar-refractivity contribution in [3.8, 4) is 11.5 Å². The van der Waals surface area contributed by atoms with Crippen LogP contribution in [0.15, 0.2) is 48.5 Å². The van der Waals surface area contributed by atoms with Gasteiger partial charge in [0.2, 0.25) is 0 Å². The van der Waals surface area contributed by atoms with Crippen molar-refractivity contribution in [3.63, 3.8) is 0 Å². The van der Waals surface area contributed by atoms with Gasteiger partial charge in [0, 0.05) is 0 Å². The Morgan fingerprint density at radius 3 is 2.38 bits per heavy atom. The number of rotatable bonds is 10. The fourth-order valence-electron chi connectivity index (χ4n) is 2.78. The molecule has 0 unspecified atom stereocenters. The molecular formula is C24H31N3O4S. The number of ether oxygens (including phenoxy) is 2. The molecule has 2 rings (SSSR count). The van der Waals surface area contributed by atoms with E-state index in [1.54, 1.807) is 24.3 Å². The quantitative estimate of drug-likeness (QED) is 0.283. The lowest BCUT2D eigenvalue weighted by molar-refractivity contribution is -0.123. The summed E-state index contributed by atoms with van der Waals surface area (Å²) in [6, 6.07) is 14.5. The van der Waals surface area contributed by atoms with Crippen LogP contribution >= 0.6 is 12.2 Å². The standard InChI is InChI=1S/C24H31N3O4S/c1-4-5-8-15-30-21-10-7-6-9-20(21)23(29)25-24(32)27-26-22(28)16-31-19-13-11-18(12-14-19)17(2)3/h6-7,9-14,17H,4-5,8,15-16H2,1-3H3,(H,26,28)(H2,25,27,29,32). The van der Waals surface area contributed by atoms with E-state index in [2.05, 4.69) is 36.9 Å². The first kappa shape index (κ1) is 25.1. The summed E-state index contributed by atoms with van der Waals surface area (Å²) in [5.41, 5.74) is 6.46. The van der Waals surface area contributed by atoms with Gasteiger partial charge in [-0.1, -0.05) is 57.9 Å². The number of thiocarbonyl (C=S) groups is 1. The van der Waals surface area contributed by atoms with Crippen LogP contribution in [0.4, 0.5) is 0 Å². The van der Waals surface area contributed by atoms with Gasteiger partial charge in [0.05, 0.1) is 12.2 Å². The van der Waals surface area contributed by atoms with E-state index in [1.807, 2.05) is 24.3 Å². The molecule has 2 aromatic carbocycles. The van der Waals surface area contributed by atoms with Gasteiger partial charge in [-0.2, -0.15) is 0 Å². The largest absolute Gasteiger partial charge is 0.493 e. The van der Waals surface area contributed by atoms with Gasteiger partial charge in [-0.05, 0) is 54.4 Å². The third kappa shape index (κ3) is 8.55. The molecule has 0 saturated heterocycles. The number of hydrogen-bond acceptors (Lipinski definition) is 5. The first-order valence-electron chi connectivity index (χ1n) is 10.8. The minimum absolute atomic E-state index is 0.0366. The molecule has 0 aliphatic rings. The molecule has 0 heterocycles. The van der Waals surface area contributed by atoms with Crippen molar-refractivity contribution in [2.45, 2.75) is 46.0 Å². The van der Waals surface area contributed by atoms with Crippen molar-refractivity contribution in [3.05, 3.63) is 59.7 Å². The summed E-state index contributed by atoms with van der Waals surface area (Å²) in [5, 5.41) is 2.49. The molecule has 7 nitrogen and oxygen atoms in total. The molecule has 3 N–H and O–H groups in total. The predicted octanol–water partition coefficient (Wildman–Crippen LogP) is 4.09. The topological polar surface area (TPSA) is 88.7 Å². The third-order valence-corrected chi connectivity index (χ3v) is 4.80. The summed E-state index contributed by atoms with van der Waals surface area (Å²) in [5.74, 6) is 0.645. The molecule has 0 spiro atoms. The van der Waals surface area contributed by atoms with E-state index in [0.717, 1.165) is 19.3 Å². The van der Waals surface area contributed by atoms with Crippen molar-refractivity contribution in [2.75, 3.05) is 13.2 Å². The Hall–Kier alpha value is -3.13. The van der Waals surface area contributed by atoms with Crippen LogP contribution in [0, 0.1) is 0 Å². The maximum Gasteiger partial charge on any atom is 0.276 e. The van der Waals surface area contributed by atoms with Crippen LogP contribution in [-0.4, -0.2) is 30.1 Å². The lowest BCUT2D eigenvalue weighted by Gasteiger charge is -2.14. The Bertz CT molecular complexity index is 900. The number of nitrogens with one attached hydrogen (secondary N) is 3. The SMILES string of the molecule is CCCCCOc1ccccc1C(=O)NC(=S)NNC(=O)COc1ccc(C(C)C)cc1. The Morgan fingerprint density at radius 1 is 0.969 bits per heavy atom. The zero-order chi connectivity index (χ0) is 23.3. The number of para-hydroxylation sites is 1. The van der Waals surface area contributed by atoms with Gasteiger partial charge >= 0.3 is 0 Å². The van der Waals surface area contributed by atoms with E-state index in [9.17, 15) is 9.59 Å². The van der Waals surface area contributed by atoms with Crippen molar-refractivity contribution in [2.24, 2.45) is 0 Å². The third-order valence-electron chi connectivity index (χ3n) is 4.60. The average molecular weight is 458 g/mol. The number of unbranched alkanes of at least 4 members (excludes halogenated alkanes) is 2. The predicted molar refractivity (Wildman–Crippen MR) is 129 cm³/mol. The fraction of sp³-hybridized carbons (Fsp3) is 0.375. The fourth-order valence-corrected chi connectivity index (χ4v) is 2.92. The zero-order valence-corrected chi connectivity index (χ0v) is 19.6. The molecule has 0 bridgehead atoms. The van der Waals surface area contributed by atoms with Crippen molar-refractivity contribution in [1.82, 2.24) is 16.2 Å². The van der Waals surface area contributed by atoms with E-state index in [1.165, 1.54) is 5.56 Å². The van der Waals surface area contributed by atoms with Gasteiger partial charge in [0.25, 0.3) is 11.8 Å². The van der Waals surface area contributed by atoms with Gasteiger partial charge < -0.3 is 9.47 Å². The van der Waals surface area contributed by atoms with Crippen LogP contribution in [0.3, 0.4) is 0 Å². The van der Waals surface area contributed by atoms with Gasteiger partial charge in [0.1, 0.15) is 11.5 Å². The summed E-state index contributed by atoms with van der Waals surface area (Å²) in [6.45, 7) is 6.67. The van der Waals surface area contributed by atoms with Gasteiger partial charge in [-0.15, -0.1) is 0 Å². The summed E-state index contributed by atoms with van der Waals surface area (Å²) in [6.07, 6.45) is 3.07. The maximum absolute atomic E-state index is 12.5. The van der Waals surface area contributed by atoms with Gasteiger partial charge in [-0.25, -0.2) is 0 Å². The highest BCUT2D eigenvalue weighted by atomic mass is 32.1. The van der Waals surface area contributed by atoms with E-state index in [0.29, 0.717) is 29.6 Å². The zero-order valence-electron chi connectivity index (χ0n) is 18.8. The number of carbonyl (C=O) groups excluding carboxylic acids is 2. The molecule has 2 aromatic rings. The van der Waals surface area contributed by atoms with E-state index in [-0.39, 0.29) is 11.7 Å². The van der Waals surface area contributed by atoms with Crippen LogP contribution in [0.1, 0.15) is 61.9 Å². The number of hydrazine groups is 1. The summed E-state index contributed by atoms with van der Waals surface area (Å²) < 4.78 is 11.2. The summed E-state index contributed by atoms with van der Waals surface area (Å²) in [7, 11) is 0. The average Bonchev–Trinajstić information content (AvgIpc) is 2.79. The molecule has 0 aliphatic carbocycles. The first-order chi connectivity index (χ1) is 15.4. The monoisotopic (exact) mass is 457 g/mol. The Balaban J connectivity index is 1.76. The van der Waals surface area contributed by atoms with Crippen molar-refractivity contribution < 1.29 is 19.1 Å². The van der Waals surface area contributed by atoms with Crippen molar-refractivity contribution in [1.29, 1.82) is 0 Å². The normalized spacial score (nSPS) is 10.4. The minimum Gasteiger partial charge on any atom is -0.493 e. The molecule has 0 atom stereocenters. The Morgan fingerprint density at radius 2 is 1.69 bits per heavy atom. The molecule has 0 fully saturated rings. The van der Waals surface area contributed by atoms with Gasteiger partial charge in [-0.3, -0.25) is 25.8 Å². The Kier molecular flexibility index (Phi) is 10.5. The lowest BCUT2D eigenvalue weighted by Crippen LogP contribution is -2.49. The second kappa shape index (κ2) is 13.3. The van der Waals surface area contributed by atoms with Crippen LogP contribution in [0.5, 0.6) is 11.5 Å². The van der Waals surface area contributed by atoms with Gasteiger partial charge in [0.15, 0.2) is 11.7 Å². The second-order valence-electron chi connectivity index (χ2n) is 7.52. The summed E-state index contributed by atoms with van der Waals surface area (Å²) in [4.78, 5) is 24.5. The van der Waals surface area contributed by atoms with E-state index >= 15 is 0 Å².